The van der Waals surface area contributed by atoms with Crippen LogP contribution in [0.3, 0.4) is 0 Å². The molecular weight excluding hydrogens is 296 g/mol. The lowest BCUT2D eigenvalue weighted by Gasteiger charge is -2.06. The highest BCUT2D eigenvalue weighted by molar-refractivity contribution is 9.10. The van der Waals surface area contributed by atoms with E-state index in [1.807, 2.05) is 32.0 Å². The van der Waals surface area contributed by atoms with Gasteiger partial charge in [-0.3, -0.25) is 4.79 Å². The molecule has 0 saturated heterocycles. The molecule has 0 bridgehead atoms. The van der Waals surface area contributed by atoms with Gasteiger partial charge in [0, 0.05) is 10.0 Å². The third-order valence-corrected chi connectivity index (χ3v) is 3.40. The van der Waals surface area contributed by atoms with Crippen molar-refractivity contribution < 1.29 is 9.32 Å². The summed E-state index contributed by atoms with van der Waals surface area (Å²) in [6, 6.07) is 5.72. The maximum absolute atomic E-state index is 12.0. The van der Waals surface area contributed by atoms with Gasteiger partial charge in [-0.25, -0.2) is 0 Å². The predicted molar refractivity (Wildman–Crippen MR) is 72.8 cm³/mol. The third kappa shape index (κ3) is 2.46. The van der Waals surface area contributed by atoms with Crippen LogP contribution in [0, 0.1) is 20.8 Å². The van der Waals surface area contributed by atoms with E-state index in [0.717, 1.165) is 15.6 Å². The van der Waals surface area contributed by atoms with Crippen molar-refractivity contribution in [2.45, 2.75) is 20.8 Å². The Labute approximate surface area is 113 Å². The van der Waals surface area contributed by atoms with E-state index in [4.69, 9.17) is 4.52 Å². The number of aromatic nitrogens is 1. The number of hydrogen-bond donors (Lipinski definition) is 1. The summed E-state index contributed by atoms with van der Waals surface area (Å²) in [7, 11) is 0. The van der Waals surface area contributed by atoms with Gasteiger partial charge in [-0.2, -0.15) is 0 Å². The first-order valence-electron chi connectivity index (χ1n) is 5.49. The van der Waals surface area contributed by atoms with Gasteiger partial charge in [-0.05, 0) is 54.4 Å². The fraction of sp³-hybridized carbons (Fsp3) is 0.231. The average Bonchev–Trinajstić information content (AvgIpc) is 2.64. The van der Waals surface area contributed by atoms with Gasteiger partial charge in [-0.1, -0.05) is 11.2 Å². The Morgan fingerprint density at radius 2 is 2.06 bits per heavy atom. The minimum absolute atomic E-state index is 0.270. The van der Waals surface area contributed by atoms with Crippen LogP contribution in [0.1, 0.15) is 27.4 Å². The summed E-state index contributed by atoms with van der Waals surface area (Å²) in [4.78, 5) is 12.0. The van der Waals surface area contributed by atoms with E-state index in [1.165, 1.54) is 0 Å². The Morgan fingerprint density at radius 3 is 2.61 bits per heavy atom. The van der Waals surface area contributed by atoms with Crippen LogP contribution in [0.4, 0.5) is 5.69 Å². The number of carbonyl (C=O) groups excluding carboxylic acids is 1. The number of nitrogens with one attached hydrogen (secondary N) is 1. The highest BCUT2D eigenvalue weighted by Crippen LogP contribution is 2.24. The Bertz CT molecular complexity index is 605. The molecule has 0 radical (unpaired) electrons. The largest absolute Gasteiger partial charge is 0.361 e. The molecule has 94 valence electrons. The standard InChI is InChI=1S/C13H13BrN2O2/c1-7-4-5-11(10(14)6-7)15-13(17)12-8(2)9(3)18-16-12/h4-6H,1-3H3,(H,15,17). The van der Waals surface area contributed by atoms with E-state index in [9.17, 15) is 4.79 Å². The van der Waals surface area contributed by atoms with Crippen LogP contribution in [-0.4, -0.2) is 11.1 Å². The number of halogens is 1. The Morgan fingerprint density at radius 1 is 1.33 bits per heavy atom. The first-order valence-corrected chi connectivity index (χ1v) is 6.28. The van der Waals surface area contributed by atoms with Gasteiger partial charge in [0.15, 0.2) is 5.69 Å². The predicted octanol–water partition coefficient (Wildman–Crippen LogP) is 3.61. The Balaban J connectivity index is 2.24. The van der Waals surface area contributed by atoms with Gasteiger partial charge < -0.3 is 9.84 Å². The molecule has 0 aliphatic rings. The van der Waals surface area contributed by atoms with Crippen LogP contribution in [0.5, 0.6) is 0 Å². The molecule has 2 aromatic rings. The zero-order chi connectivity index (χ0) is 13.3. The average molecular weight is 309 g/mol. The fourth-order valence-corrected chi connectivity index (χ4v) is 2.12. The van der Waals surface area contributed by atoms with Crippen LogP contribution < -0.4 is 5.32 Å². The minimum atomic E-state index is -0.270. The highest BCUT2D eigenvalue weighted by Gasteiger charge is 2.17. The lowest BCUT2D eigenvalue weighted by atomic mass is 10.2. The van der Waals surface area contributed by atoms with Crippen molar-refractivity contribution in [1.29, 1.82) is 0 Å². The summed E-state index contributed by atoms with van der Waals surface area (Å²) in [5, 5.41) is 6.56. The number of nitrogens with zero attached hydrogens (tertiary/aromatic N) is 1. The lowest BCUT2D eigenvalue weighted by molar-refractivity contribution is 0.101. The molecule has 1 amide bonds. The smallest absolute Gasteiger partial charge is 0.278 e. The summed E-state index contributed by atoms with van der Waals surface area (Å²) in [5.41, 5.74) is 2.91. The molecule has 0 unspecified atom stereocenters. The number of benzene rings is 1. The second-order valence-electron chi connectivity index (χ2n) is 4.15. The van der Waals surface area contributed by atoms with Gasteiger partial charge >= 0.3 is 0 Å². The zero-order valence-corrected chi connectivity index (χ0v) is 12.0. The monoisotopic (exact) mass is 308 g/mol. The third-order valence-electron chi connectivity index (χ3n) is 2.75. The molecule has 0 spiro atoms. The van der Waals surface area contributed by atoms with Crippen LogP contribution in [0.2, 0.25) is 0 Å². The van der Waals surface area contributed by atoms with Crippen LogP contribution >= 0.6 is 15.9 Å². The van der Waals surface area contributed by atoms with Gasteiger partial charge in [0.1, 0.15) is 5.76 Å². The number of hydrogen-bond acceptors (Lipinski definition) is 3. The molecule has 1 aromatic heterocycles. The van der Waals surface area contributed by atoms with Crippen LogP contribution in [-0.2, 0) is 0 Å². The molecule has 0 fully saturated rings. The minimum Gasteiger partial charge on any atom is -0.361 e. The van der Waals surface area contributed by atoms with Crippen molar-refractivity contribution >= 4 is 27.5 Å². The van der Waals surface area contributed by atoms with Gasteiger partial charge in [0.2, 0.25) is 0 Å². The van der Waals surface area contributed by atoms with Crippen molar-refractivity contribution in [3.63, 3.8) is 0 Å². The summed E-state index contributed by atoms with van der Waals surface area (Å²) >= 11 is 3.41. The number of anilines is 1. The van der Waals surface area contributed by atoms with Gasteiger partial charge in [-0.15, -0.1) is 0 Å². The molecule has 4 nitrogen and oxygen atoms in total. The normalized spacial score (nSPS) is 10.4. The molecular formula is C13H13BrN2O2. The van der Waals surface area contributed by atoms with E-state index >= 15 is 0 Å². The Kier molecular flexibility index (Phi) is 3.52. The SMILES string of the molecule is Cc1ccc(NC(=O)c2noc(C)c2C)c(Br)c1. The topological polar surface area (TPSA) is 55.1 Å². The van der Waals surface area contributed by atoms with Crippen molar-refractivity contribution in [2.75, 3.05) is 5.32 Å². The van der Waals surface area contributed by atoms with Crippen molar-refractivity contribution in [1.82, 2.24) is 5.16 Å². The zero-order valence-electron chi connectivity index (χ0n) is 10.4. The van der Waals surface area contributed by atoms with Crippen LogP contribution in [0.25, 0.3) is 0 Å². The van der Waals surface area contributed by atoms with E-state index in [0.29, 0.717) is 17.1 Å². The maximum Gasteiger partial charge on any atom is 0.278 e. The number of aryl methyl sites for hydroxylation is 2. The molecule has 1 N–H and O–H groups in total. The summed E-state index contributed by atoms with van der Waals surface area (Å²) in [6.45, 7) is 5.58. The molecule has 2 rings (SSSR count). The molecule has 0 aliphatic heterocycles. The highest BCUT2D eigenvalue weighted by atomic mass is 79.9. The summed E-state index contributed by atoms with van der Waals surface area (Å²) in [6.07, 6.45) is 0. The fourth-order valence-electron chi connectivity index (χ4n) is 1.53. The second kappa shape index (κ2) is 4.94. The molecule has 0 atom stereocenters. The first-order chi connectivity index (χ1) is 8.49. The molecule has 0 aliphatic carbocycles. The number of amides is 1. The molecule has 1 aromatic carbocycles. The molecule has 0 saturated carbocycles. The number of carbonyl (C=O) groups is 1. The number of rotatable bonds is 2. The lowest BCUT2D eigenvalue weighted by Crippen LogP contribution is -2.14. The maximum atomic E-state index is 12.0. The van der Waals surface area contributed by atoms with Crippen molar-refractivity contribution in [3.8, 4) is 0 Å². The van der Waals surface area contributed by atoms with Crippen molar-refractivity contribution in [3.05, 3.63) is 45.3 Å². The van der Waals surface area contributed by atoms with E-state index < -0.39 is 0 Å². The molecule has 5 heteroatoms. The second-order valence-corrected chi connectivity index (χ2v) is 5.00. The summed E-state index contributed by atoms with van der Waals surface area (Å²) < 4.78 is 5.82. The van der Waals surface area contributed by atoms with Gasteiger partial charge in [0.25, 0.3) is 5.91 Å². The van der Waals surface area contributed by atoms with E-state index in [1.54, 1.807) is 6.92 Å². The molecule has 1 heterocycles. The first kappa shape index (κ1) is 12.8. The van der Waals surface area contributed by atoms with Gasteiger partial charge in [0.05, 0.1) is 5.69 Å². The van der Waals surface area contributed by atoms with Crippen LogP contribution in [0.15, 0.2) is 27.2 Å². The quantitative estimate of drug-likeness (QED) is 0.922. The Hall–Kier alpha value is -1.62. The van der Waals surface area contributed by atoms with E-state index in [2.05, 4.69) is 26.4 Å². The van der Waals surface area contributed by atoms with E-state index in [-0.39, 0.29) is 5.91 Å². The van der Waals surface area contributed by atoms with Crippen molar-refractivity contribution in [2.24, 2.45) is 0 Å². The molecule has 18 heavy (non-hydrogen) atoms. The summed E-state index contributed by atoms with van der Waals surface area (Å²) in [5.74, 6) is 0.386.